The summed E-state index contributed by atoms with van der Waals surface area (Å²) in [6, 6.07) is 9.84. The lowest BCUT2D eigenvalue weighted by molar-refractivity contribution is 0.103. The van der Waals surface area contributed by atoms with E-state index in [4.69, 9.17) is 10.5 Å². The number of ether oxygens (including phenoxy) is 1. The molecule has 98 valence electrons. The Bertz CT molecular complexity index is 392. The summed E-state index contributed by atoms with van der Waals surface area (Å²) in [5, 5.41) is 0. The Morgan fingerprint density at radius 3 is 2.83 bits per heavy atom. The fourth-order valence-electron chi connectivity index (χ4n) is 2.19. The van der Waals surface area contributed by atoms with Gasteiger partial charge in [-0.05, 0) is 24.8 Å². The third kappa shape index (κ3) is 3.23. The van der Waals surface area contributed by atoms with Crippen molar-refractivity contribution in [2.24, 2.45) is 11.7 Å². The lowest BCUT2D eigenvalue weighted by atomic mass is 10.0. The van der Waals surface area contributed by atoms with Crippen LogP contribution >= 0.6 is 0 Å². The largest absolute Gasteiger partial charge is 0.445 e. The van der Waals surface area contributed by atoms with Crippen LogP contribution < -0.4 is 5.73 Å². The van der Waals surface area contributed by atoms with Crippen LogP contribution in [0.1, 0.15) is 18.9 Å². The van der Waals surface area contributed by atoms with E-state index in [9.17, 15) is 4.79 Å². The number of nitrogens with two attached hydrogens (primary N) is 1. The van der Waals surface area contributed by atoms with Crippen molar-refractivity contribution in [1.82, 2.24) is 4.90 Å². The molecule has 1 aliphatic heterocycles. The van der Waals surface area contributed by atoms with Crippen molar-refractivity contribution in [1.29, 1.82) is 0 Å². The molecular formula is C14H20N2O2. The molecule has 18 heavy (non-hydrogen) atoms. The monoisotopic (exact) mass is 248 g/mol. The van der Waals surface area contributed by atoms with Crippen LogP contribution in [0.15, 0.2) is 30.3 Å². The number of carbonyl (C=O) groups excluding carboxylic acids is 1. The Morgan fingerprint density at radius 2 is 2.22 bits per heavy atom. The van der Waals surface area contributed by atoms with E-state index in [1.54, 1.807) is 4.90 Å². The highest BCUT2D eigenvalue weighted by molar-refractivity contribution is 5.68. The second kappa shape index (κ2) is 5.87. The van der Waals surface area contributed by atoms with Crippen molar-refractivity contribution >= 4 is 6.09 Å². The number of rotatable bonds is 3. The van der Waals surface area contributed by atoms with Crippen molar-refractivity contribution in [2.45, 2.75) is 26.0 Å². The van der Waals surface area contributed by atoms with Gasteiger partial charge in [0.1, 0.15) is 6.61 Å². The molecule has 4 nitrogen and oxygen atoms in total. The number of hydrogen-bond donors (Lipinski definition) is 1. The van der Waals surface area contributed by atoms with Gasteiger partial charge in [0.25, 0.3) is 0 Å². The van der Waals surface area contributed by atoms with Crippen LogP contribution in [0.25, 0.3) is 0 Å². The predicted octanol–water partition coefficient (Wildman–Crippen LogP) is 1.99. The molecule has 2 unspecified atom stereocenters. The van der Waals surface area contributed by atoms with Gasteiger partial charge in [-0.2, -0.15) is 0 Å². The van der Waals surface area contributed by atoms with Crippen LogP contribution in [-0.2, 0) is 11.3 Å². The lowest BCUT2D eigenvalue weighted by Crippen LogP contribution is -2.33. The van der Waals surface area contributed by atoms with E-state index in [2.05, 4.69) is 0 Å². The molecule has 0 bridgehead atoms. The number of nitrogens with zero attached hydrogens (tertiary/aromatic N) is 1. The summed E-state index contributed by atoms with van der Waals surface area (Å²) in [6.45, 7) is 3.79. The molecule has 2 N–H and O–H groups in total. The summed E-state index contributed by atoms with van der Waals surface area (Å²) in [5.41, 5.74) is 6.85. The zero-order valence-electron chi connectivity index (χ0n) is 10.7. The van der Waals surface area contributed by atoms with E-state index in [0.717, 1.165) is 18.5 Å². The molecule has 0 spiro atoms. The Hall–Kier alpha value is -1.55. The van der Waals surface area contributed by atoms with Gasteiger partial charge in [0.15, 0.2) is 0 Å². The molecule has 1 aromatic carbocycles. The molecule has 0 radical (unpaired) electrons. The van der Waals surface area contributed by atoms with Gasteiger partial charge >= 0.3 is 6.09 Å². The van der Waals surface area contributed by atoms with Gasteiger partial charge in [0.05, 0.1) is 0 Å². The fraction of sp³-hybridized carbons (Fsp3) is 0.500. The highest BCUT2D eigenvalue weighted by atomic mass is 16.6. The average Bonchev–Trinajstić information content (AvgIpc) is 2.87. The summed E-state index contributed by atoms with van der Waals surface area (Å²) in [7, 11) is 0. The van der Waals surface area contributed by atoms with Gasteiger partial charge in [0.2, 0.25) is 0 Å². The molecule has 4 heteroatoms. The maximum Gasteiger partial charge on any atom is 0.410 e. The first kappa shape index (κ1) is 12.9. The first-order chi connectivity index (χ1) is 8.66. The first-order valence-corrected chi connectivity index (χ1v) is 6.38. The molecular weight excluding hydrogens is 228 g/mol. The summed E-state index contributed by atoms with van der Waals surface area (Å²) < 4.78 is 5.29. The summed E-state index contributed by atoms with van der Waals surface area (Å²) in [6.07, 6.45) is 0.736. The van der Waals surface area contributed by atoms with Crippen LogP contribution in [0.5, 0.6) is 0 Å². The Kier molecular flexibility index (Phi) is 4.20. The molecule has 2 atom stereocenters. The van der Waals surface area contributed by atoms with Crippen molar-refractivity contribution in [3.05, 3.63) is 35.9 Å². The first-order valence-electron chi connectivity index (χ1n) is 6.38. The predicted molar refractivity (Wildman–Crippen MR) is 70.0 cm³/mol. The van der Waals surface area contributed by atoms with Crippen LogP contribution in [0.2, 0.25) is 0 Å². The zero-order valence-corrected chi connectivity index (χ0v) is 10.7. The number of carbonyl (C=O) groups is 1. The van der Waals surface area contributed by atoms with E-state index >= 15 is 0 Å². The molecule has 1 fully saturated rings. The van der Waals surface area contributed by atoms with Crippen LogP contribution in [0.3, 0.4) is 0 Å². The number of amides is 1. The van der Waals surface area contributed by atoms with E-state index in [1.165, 1.54) is 0 Å². The number of hydrogen-bond acceptors (Lipinski definition) is 3. The van der Waals surface area contributed by atoms with Crippen molar-refractivity contribution < 1.29 is 9.53 Å². The number of benzene rings is 1. The fourth-order valence-corrected chi connectivity index (χ4v) is 2.19. The van der Waals surface area contributed by atoms with Gasteiger partial charge in [0, 0.05) is 19.1 Å². The molecule has 2 rings (SSSR count). The summed E-state index contributed by atoms with van der Waals surface area (Å²) in [5.74, 6) is 0.397. The van der Waals surface area contributed by atoms with Crippen LogP contribution in [0, 0.1) is 5.92 Å². The summed E-state index contributed by atoms with van der Waals surface area (Å²) >= 11 is 0. The summed E-state index contributed by atoms with van der Waals surface area (Å²) in [4.78, 5) is 13.6. The van der Waals surface area contributed by atoms with Gasteiger partial charge in [-0.1, -0.05) is 30.3 Å². The molecule has 1 saturated heterocycles. The van der Waals surface area contributed by atoms with Crippen molar-refractivity contribution in [3.8, 4) is 0 Å². The second-order valence-corrected chi connectivity index (χ2v) is 4.89. The Labute approximate surface area is 108 Å². The smallest absolute Gasteiger partial charge is 0.410 e. The van der Waals surface area contributed by atoms with Gasteiger partial charge in [-0.15, -0.1) is 0 Å². The maximum atomic E-state index is 11.8. The maximum absolute atomic E-state index is 11.8. The topological polar surface area (TPSA) is 55.6 Å². The minimum atomic E-state index is -0.234. The number of likely N-dealkylation sites (tertiary alicyclic amines) is 1. The van der Waals surface area contributed by atoms with Crippen LogP contribution in [-0.4, -0.2) is 30.1 Å². The highest BCUT2D eigenvalue weighted by Crippen LogP contribution is 2.19. The molecule has 0 saturated carbocycles. The van der Waals surface area contributed by atoms with E-state index < -0.39 is 0 Å². The molecule has 1 aromatic rings. The third-order valence-corrected chi connectivity index (χ3v) is 3.43. The second-order valence-electron chi connectivity index (χ2n) is 4.89. The SMILES string of the molecule is CC(N)C1CCN(C(=O)OCc2ccccc2)C1. The van der Waals surface area contributed by atoms with Crippen LogP contribution in [0.4, 0.5) is 4.79 Å². The highest BCUT2D eigenvalue weighted by Gasteiger charge is 2.29. The van der Waals surface area contributed by atoms with Crippen molar-refractivity contribution in [3.63, 3.8) is 0 Å². The van der Waals surface area contributed by atoms with Crippen molar-refractivity contribution in [2.75, 3.05) is 13.1 Å². The molecule has 1 heterocycles. The standard InChI is InChI=1S/C14H20N2O2/c1-11(15)13-7-8-16(9-13)14(17)18-10-12-5-3-2-4-6-12/h2-6,11,13H,7-10,15H2,1H3. The quantitative estimate of drug-likeness (QED) is 0.890. The Balaban J connectivity index is 1.79. The van der Waals surface area contributed by atoms with E-state index in [1.807, 2.05) is 37.3 Å². The zero-order chi connectivity index (χ0) is 13.0. The molecule has 0 aliphatic carbocycles. The van der Waals surface area contributed by atoms with Gasteiger partial charge in [-0.3, -0.25) is 0 Å². The molecule has 1 aliphatic rings. The van der Waals surface area contributed by atoms with E-state index in [-0.39, 0.29) is 12.1 Å². The average molecular weight is 248 g/mol. The van der Waals surface area contributed by atoms with Gasteiger partial charge < -0.3 is 15.4 Å². The minimum Gasteiger partial charge on any atom is -0.445 e. The third-order valence-electron chi connectivity index (χ3n) is 3.43. The minimum absolute atomic E-state index is 0.136. The molecule has 0 aromatic heterocycles. The molecule has 1 amide bonds. The van der Waals surface area contributed by atoms with E-state index in [0.29, 0.717) is 19.1 Å². The lowest BCUT2D eigenvalue weighted by Gasteiger charge is -2.17. The normalized spacial score (nSPS) is 20.8. The van der Waals surface area contributed by atoms with Gasteiger partial charge in [-0.25, -0.2) is 4.79 Å². The Morgan fingerprint density at radius 1 is 1.50 bits per heavy atom.